The summed E-state index contributed by atoms with van der Waals surface area (Å²) in [5.41, 5.74) is 4.54. The lowest BCUT2D eigenvalue weighted by Crippen LogP contribution is -2.49. The fourth-order valence-corrected chi connectivity index (χ4v) is 4.12. The van der Waals surface area contributed by atoms with Gasteiger partial charge in [-0.1, -0.05) is 37.6 Å². The lowest BCUT2D eigenvalue weighted by molar-refractivity contribution is -0.132. The molecule has 5 nitrogen and oxygen atoms in total. The standard InChI is InChI=1S/C23H30N4O/c1-15(2)20-17(4)24-21(19-7-5-6-16(3)14-19)25-22(20)26-10-12-27(13-11-26)23(28)18-8-9-18/h5-7,14-15,18H,8-13H2,1-4H3. The lowest BCUT2D eigenvalue weighted by Gasteiger charge is -2.37. The SMILES string of the molecule is Cc1cccc(-c2nc(C)c(C(C)C)c(N3CCN(C(=O)C4CC4)CC3)n2)c1. The van der Waals surface area contributed by atoms with Crippen molar-refractivity contribution in [3.63, 3.8) is 0 Å². The highest BCUT2D eigenvalue weighted by Crippen LogP contribution is 2.33. The fourth-order valence-electron chi connectivity index (χ4n) is 4.12. The number of carbonyl (C=O) groups is 1. The molecular formula is C23H30N4O. The van der Waals surface area contributed by atoms with E-state index in [0.29, 0.717) is 17.7 Å². The smallest absolute Gasteiger partial charge is 0.225 e. The van der Waals surface area contributed by atoms with Crippen molar-refractivity contribution in [3.8, 4) is 11.4 Å². The van der Waals surface area contributed by atoms with E-state index in [1.807, 2.05) is 4.90 Å². The molecule has 0 N–H and O–H groups in total. The van der Waals surface area contributed by atoms with Gasteiger partial charge in [0.25, 0.3) is 0 Å². The third-order valence-corrected chi connectivity index (χ3v) is 5.79. The highest BCUT2D eigenvalue weighted by molar-refractivity contribution is 5.81. The largest absolute Gasteiger partial charge is 0.353 e. The number of aryl methyl sites for hydroxylation is 2. The van der Waals surface area contributed by atoms with Crippen molar-refractivity contribution in [3.05, 3.63) is 41.1 Å². The van der Waals surface area contributed by atoms with Crippen LogP contribution in [0, 0.1) is 19.8 Å². The summed E-state index contributed by atoms with van der Waals surface area (Å²) in [6.07, 6.45) is 2.14. The Hall–Kier alpha value is -2.43. The number of carbonyl (C=O) groups excluding carboxylic acids is 1. The Balaban J connectivity index is 1.64. The molecule has 1 aromatic carbocycles. The molecule has 5 heteroatoms. The van der Waals surface area contributed by atoms with Crippen LogP contribution in [-0.2, 0) is 4.79 Å². The zero-order valence-corrected chi connectivity index (χ0v) is 17.4. The summed E-state index contributed by atoms with van der Waals surface area (Å²) in [5.74, 6) is 2.83. The molecule has 1 aliphatic heterocycles. The molecule has 1 aliphatic carbocycles. The van der Waals surface area contributed by atoms with E-state index >= 15 is 0 Å². The molecule has 28 heavy (non-hydrogen) atoms. The summed E-state index contributed by atoms with van der Waals surface area (Å²) in [6, 6.07) is 8.37. The van der Waals surface area contributed by atoms with Crippen molar-refractivity contribution >= 4 is 11.7 Å². The van der Waals surface area contributed by atoms with Crippen LogP contribution in [-0.4, -0.2) is 47.0 Å². The van der Waals surface area contributed by atoms with E-state index in [9.17, 15) is 4.79 Å². The molecule has 0 bridgehead atoms. The van der Waals surface area contributed by atoms with Crippen molar-refractivity contribution in [2.45, 2.75) is 46.5 Å². The molecule has 0 radical (unpaired) electrons. The number of amides is 1. The van der Waals surface area contributed by atoms with E-state index in [1.54, 1.807) is 0 Å². The van der Waals surface area contributed by atoms with Gasteiger partial charge in [0.05, 0.1) is 0 Å². The quantitative estimate of drug-likeness (QED) is 0.808. The van der Waals surface area contributed by atoms with Crippen molar-refractivity contribution < 1.29 is 4.79 Å². The molecule has 4 rings (SSSR count). The van der Waals surface area contributed by atoms with Crippen LogP contribution in [0.1, 0.15) is 49.4 Å². The number of benzene rings is 1. The molecule has 1 saturated carbocycles. The molecule has 0 spiro atoms. The minimum atomic E-state index is 0.298. The van der Waals surface area contributed by atoms with Gasteiger partial charge in [0, 0.05) is 48.9 Å². The zero-order valence-electron chi connectivity index (χ0n) is 17.4. The van der Waals surface area contributed by atoms with Crippen molar-refractivity contribution in [1.82, 2.24) is 14.9 Å². The molecule has 0 atom stereocenters. The van der Waals surface area contributed by atoms with Crippen molar-refractivity contribution in [1.29, 1.82) is 0 Å². The third kappa shape index (κ3) is 3.75. The third-order valence-electron chi connectivity index (χ3n) is 5.79. The Morgan fingerprint density at radius 3 is 2.39 bits per heavy atom. The first-order valence-corrected chi connectivity index (χ1v) is 10.4. The van der Waals surface area contributed by atoms with Crippen LogP contribution in [0.4, 0.5) is 5.82 Å². The highest BCUT2D eigenvalue weighted by Gasteiger charge is 2.35. The van der Waals surface area contributed by atoms with Gasteiger partial charge < -0.3 is 9.80 Å². The van der Waals surface area contributed by atoms with Gasteiger partial charge in [-0.25, -0.2) is 9.97 Å². The highest BCUT2D eigenvalue weighted by atomic mass is 16.2. The molecular weight excluding hydrogens is 348 g/mol. The predicted octanol–water partition coefficient (Wildman–Crippen LogP) is 3.94. The molecule has 1 aromatic heterocycles. The van der Waals surface area contributed by atoms with Crippen LogP contribution in [0.5, 0.6) is 0 Å². The number of rotatable bonds is 4. The second-order valence-corrected chi connectivity index (χ2v) is 8.48. The Morgan fingerprint density at radius 2 is 1.79 bits per heavy atom. The van der Waals surface area contributed by atoms with E-state index in [1.165, 1.54) is 11.1 Å². The van der Waals surface area contributed by atoms with Gasteiger partial charge in [-0.05, 0) is 38.7 Å². The average molecular weight is 379 g/mol. The zero-order chi connectivity index (χ0) is 19.8. The summed E-state index contributed by atoms with van der Waals surface area (Å²) in [6.45, 7) is 11.8. The van der Waals surface area contributed by atoms with Crippen LogP contribution in [0.25, 0.3) is 11.4 Å². The Morgan fingerprint density at radius 1 is 1.07 bits per heavy atom. The van der Waals surface area contributed by atoms with Gasteiger partial charge in [-0.3, -0.25) is 4.79 Å². The topological polar surface area (TPSA) is 49.3 Å². The van der Waals surface area contributed by atoms with E-state index in [4.69, 9.17) is 9.97 Å². The van der Waals surface area contributed by atoms with Crippen LogP contribution >= 0.6 is 0 Å². The lowest BCUT2D eigenvalue weighted by atomic mass is 10.0. The number of hydrogen-bond donors (Lipinski definition) is 0. The summed E-state index contributed by atoms with van der Waals surface area (Å²) in [7, 11) is 0. The molecule has 1 amide bonds. The molecule has 0 unspecified atom stereocenters. The van der Waals surface area contributed by atoms with Gasteiger partial charge >= 0.3 is 0 Å². The van der Waals surface area contributed by atoms with Crippen LogP contribution < -0.4 is 4.90 Å². The van der Waals surface area contributed by atoms with Crippen molar-refractivity contribution in [2.75, 3.05) is 31.1 Å². The summed E-state index contributed by atoms with van der Waals surface area (Å²) < 4.78 is 0. The maximum atomic E-state index is 12.4. The van der Waals surface area contributed by atoms with E-state index in [0.717, 1.165) is 61.9 Å². The second kappa shape index (κ2) is 7.53. The van der Waals surface area contributed by atoms with Gasteiger partial charge in [0.1, 0.15) is 5.82 Å². The van der Waals surface area contributed by atoms with Gasteiger partial charge in [0.2, 0.25) is 5.91 Å². The molecule has 2 fully saturated rings. The first-order chi connectivity index (χ1) is 13.4. The summed E-state index contributed by atoms with van der Waals surface area (Å²) >= 11 is 0. The van der Waals surface area contributed by atoms with Gasteiger partial charge in [0.15, 0.2) is 5.82 Å². The van der Waals surface area contributed by atoms with Crippen LogP contribution in [0.3, 0.4) is 0 Å². The minimum Gasteiger partial charge on any atom is -0.353 e. The number of nitrogens with zero attached hydrogens (tertiary/aromatic N) is 4. The maximum absolute atomic E-state index is 12.4. The summed E-state index contributed by atoms with van der Waals surface area (Å²) in [4.78, 5) is 26.6. The number of piperazine rings is 1. The average Bonchev–Trinajstić information content (AvgIpc) is 3.52. The molecule has 148 valence electrons. The molecule has 2 aromatic rings. The number of hydrogen-bond acceptors (Lipinski definition) is 4. The van der Waals surface area contributed by atoms with E-state index in [-0.39, 0.29) is 0 Å². The van der Waals surface area contributed by atoms with E-state index in [2.05, 4.69) is 56.9 Å². The predicted molar refractivity (Wildman–Crippen MR) is 113 cm³/mol. The fraction of sp³-hybridized carbons (Fsp3) is 0.522. The van der Waals surface area contributed by atoms with Gasteiger partial charge in [-0.15, -0.1) is 0 Å². The maximum Gasteiger partial charge on any atom is 0.225 e. The normalized spacial score (nSPS) is 17.3. The monoisotopic (exact) mass is 378 g/mol. The van der Waals surface area contributed by atoms with Gasteiger partial charge in [-0.2, -0.15) is 0 Å². The first-order valence-electron chi connectivity index (χ1n) is 10.4. The number of anilines is 1. The van der Waals surface area contributed by atoms with E-state index < -0.39 is 0 Å². The Kier molecular flexibility index (Phi) is 5.09. The molecule has 1 saturated heterocycles. The number of aromatic nitrogens is 2. The minimum absolute atomic E-state index is 0.298. The summed E-state index contributed by atoms with van der Waals surface area (Å²) in [5, 5.41) is 0. The molecule has 2 heterocycles. The molecule has 2 aliphatic rings. The first kappa shape index (κ1) is 18.9. The van der Waals surface area contributed by atoms with Crippen LogP contribution in [0.15, 0.2) is 24.3 Å². The Bertz CT molecular complexity index is 880. The Labute approximate surface area is 167 Å². The van der Waals surface area contributed by atoms with Crippen molar-refractivity contribution in [2.24, 2.45) is 5.92 Å². The second-order valence-electron chi connectivity index (χ2n) is 8.48. The van der Waals surface area contributed by atoms with Crippen LogP contribution in [0.2, 0.25) is 0 Å².